The molecule has 0 aliphatic carbocycles. The zero-order chi connectivity index (χ0) is 7.11. The molecular weight excluding hydrogens is 181 g/mol. The SMILES string of the molecule is CCCCNCB(F)F.[F-].[K+]. The summed E-state index contributed by atoms with van der Waals surface area (Å²) in [4.78, 5) is 0. The maximum atomic E-state index is 11.4. The predicted octanol–water partition coefficient (Wildman–Crippen LogP) is -4.65. The molecule has 0 spiro atoms. The molecule has 0 aromatic rings. The first-order chi connectivity index (χ1) is 4.27. The van der Waals surface area contributed by atoms with Gasteiger partial charge in [-0.05, 0) is 13.0 Å². The predicted molar refractivity (Wildman–Crippen MR) is 35.7 cm³/mol. The monoisotopic (exact) mass is 193 g/mol. The van der Waals surface area contributed by atoms with Crippen LogP contribution in [0.25, 0.3) is 0 Å². The van der Waals surface area contributed by atoms with Gasteiger partial charge in [0, 0.05) is 6.44 Å². The number of rotatable bonds is 5. The number of unbranched alkanes of at least 4 members (excludes halogenated alkanes) is 1. The first kappa shape index (κ1) is 18.3. The molecule has 0 saturated heterocycles. The average Bonchev–Trinajstić information content (AvgIpc) is 1.80. The first-order valence-electron chi connectivity index (χ1n) is 3.26. The van der Waals surface area contributed by atoms with E-state index in [1.165, 1.54) is 0 Å². The van der Waals surface area contributed by atoms with E-state index in [2.05, 4.69) is 5.32 Å². The molecule has 0 aromatic heterocycles. The molecule has 62 valence electrons. The van der Waals surface area contributed by atoms with E-state index in [1.807, 2.05) is 6.92 Å². The molecule has 0 radical (unpaired) electrons. The second kappa shape index (κ2) is 14.0. The standard InChI is InChI=1S/C5H12BF2N.FH.K/c1-2-3-4-9-5-6(7)8;;/h9H,2-5H2,1H3;1H;/q;;+1/p-1. The summed E-state index contributed by atoms with van der Waals surface area (Å²) in [6.45, 7) is 2.74. The van der Waals surface area contributed by atoms with E-state index in [1.54, 1.807) is 0 Å². The van der Waals surface area contributed by atoms with Crippen LogP contribution in [0.5, 0.6) is 0 Å². The third-order valence-corrected chi connectivity index (χ3v) is 1.01. The summed E-state index contributed by atoms with van der Waals surface area (Å²) < 4.78 is 22.8. The number of halogens is 3. The van der Waals surface area contributed by atoms with Gasteiger partial charge in [-0.25, -0.2) is 0 Å². The summed E-state index contributed by atoms with van der Waals surface area (Å²) >= 11 is 0. The summed E-state index contributed by atoms with van der Waals surface area (Å²) in [7, 11) is -2.21. The molecule has 0 bridgehead atoms. The number of hydrogen-bond acceptors (Lipinski definition) is 1. The molecule has 0 aromatic carbocycles. The molecule has 1 nitrogen and oxygen atoms in total. The van der Waals surface area contributed by atoms with E-state index in [0.717, 1.165) is 12.8 Å². The van der Waals surface area contributed by atoms with E-state index in [4.69, 9.17) is 0 Å². The smallest absolute Gasteiger partial charge is 1.00 e. The van der Waals surface area contributed by atoms with Crippen molar-refractivity contribution in [2.24, 2.45) is 0 Å². The van der Waals surface area contributed by atoms with E-state index >= 15 is 0 Å². The Kier molecular flexibility index (Phi) is 23.3. The normalized spacial score (nSPS) is 7.91. The van der Waals surface area contributed by atoms with Gasteiger partial charge in [0.25, 0.3) is 0 Å². The first-order valence-corrected chi connectivity index (χ1v) is 3.26. The Hall–Kier alpha value is 1.45. The Bertz CT molecular complexity index is 67.7. The van der Waals surface area contributed by atoms with Crippen LogP contribution in [0.4, 0.5) is 8.63 Å². The fourth-order valence-corrected chi connectivity index (χ4v) is 0.513. The van der Waals surface area contributed by atoms with Crippen molar-refractivity contribution in [3.05, 3.63) is 0 Å². The molecule has 0 saturated carbocycles. The van der Waals surface area contributed by atoms with Crippen molar-refractivity contribution in [2.45, 2.75) is 19.8 Å². The molecule has 0 aliphatic heterocycles. The number of nitrogens with one attached hydrogen (secondary N) is 1. The van der Waals surface area contributed by atoms with Crippen molar-refractivity contribution < 1.29 is 64.7 Å². The molecule has 0 aliphatic rings. The van der Waals surface area contributed by atoms with Gasteiger partial charge in [-0.2, -0.15) is 0 Å². The van der Waals surface area contributed by atoms with Gasteiger partial charge in [0.05, 0.1) is 0 Å². The fourth-order valence-electron chi connectivity index (χ4n) is 0.513. The van der Waals surface area contributed by atoms with Gasteiger partial charge < -0.3 is 10.0 Å². The van der Waals surface area contributed by atoms with E-state index in [0.29, 0.717) is 6.54 Å². The van der Waals surface area contributed by atoms with Crippen molar-refractivity contribution in [1.29, 1.82) is 0 Å². The molecule has 6 heteroatoms. The molecule has 1 N–H and O–H groups in total. The fraction of sp³-hybridized carbons (Fsp3) is 1.00. The zero-order valence-corrected chi connectivity index (χ0v) is 10.2. The third kappa shape index (κ3) is 18.4. The van der Waals surface area contributed by atoms with Gasteiger partial charge in [-0.3, -0.25) is 8.63 Å². The van der Waals surface area contributed by atoms with Crippen molar-refractivity contribution in [2.75, 3.05) is 13.0 Å². The largest absolute Gasteiger partial charge is 1.00 e. The molecule has 11 heavy (non-hydrogen) atoms. The van der Waals surface area contributed by atoms with E-state index in [-0.39, 0.29) is 62.5 Å². The van der Waals surface area contributed by atoms with Crippen LogP contribution in [0.15, 0.2) is 0 Å². The Morgan fingerprint density at radius 2 is 1.91 bits per heavy atom. The summed E-state index contributed by atoms with van der Waals surface area (Å²) in [6.07, 6.45) is 1.86. The van der Waals surface area contributed by atoms with Gasteiger partial charge >= 0.3 is 58.7 Å². The van der Waals surface area contributed by atoms with Crippen molar-refractivity contribution in [3.63, 3.8) is 0 Å². The van der Waals surface area contributed by atoms with Gasteiger partial charge in [-0.15, -0.1) is 0 Å². The van der Waals surface area contributed by atoms with Crippen molar-refractivity contribution >= 4 is 7.27 Å². The maximum Gasteiger partial charge on any atom is 1.00 e. The molecule has 0 atom stereocenters. The van der Waals surface area contributed by atoms with Gasteiger partial charge in [0.15, 0.2) is 0 Å². The van der Waals surface area contributed by atoms with Crippen molar-refractivity contribution in [1.82, 2.24) is 5.32 Å². The van der Waals surface area contributed by atoms with Crippen molar-refractivity contribution in [3.8, 4) is 0 Å². The van der Waals surface area contributed by atoms with Crippen LogP contribution < -0.4 is 61.4 Å². The average molecular weight is 193 g/mol. The maximum absolute atomic E-state index is 11.4. The molecular formula is C5H12BF3KN. The minimum atomic E-state index is -2.21. The number of hydrogen-bond donors (Lipinski definition) is 1. The summed E-state index contributed by atoms with van der Waals surface area (Å²) in [5, 5.41) is 2.64. The minimum Gasteiger partial charge on any atom is -1.00 e. The van der Waals surface area contributed by atoms with Crippen LogP contribution in [-0.2, 0) is 0 Å². The third-order valence-electron chi connectivity index (χ3n) is 1.01. The molecule has 0 unspecified atom stereocenters. The summed E-state index contributed by atoms with van der Waals surface area (Å²) in [5.41, 5.74) is 0. The van der Waals surface area contributed by atoms with E-state index < -0.39 is 7.27 Å². The topological polar surface area (TPSA) is 12.0 Å². The molecule has 0 fully saturated rings. The quantitative estimate of drug-likeness (QED) is 0.342. The van der Waals surface area contributed by atoms with Crippen LogP contribution in [0, 0.1) is 0 Å². The second-order valence-electron chi connectivity index (χ2n) is 1.95. The van der Waals surface area contributed by atoms with Gasteiger partial charge in [0.2, 0.25) is 0 Å². The second-order valence-corrected chi connectivity index (χ2v) is 1.95. The van der Waals surface area contributed by atoms with Crippen LogP contribution >= 0.6 is 0 Å². The Morgan fingerprint density at radius 1 is 1.36 bits per heavy atom. The van der Waals surface area contributed by atoms with Crippen LogP contribution in [-0.4, -0.2) is 20.3 Å². The minimum absolute atomic E-state index is 0. The summed E-state index contributed by atoms with van der Waals surface area (Å²) in [5.74, 6) is 0. The Balaban J connectivity index is -0.000000320. The van der Waals surface area contributed by atoms with Gasteiger partial charge in [-0.1, -0.05) is 13.3 Å². The Labute approximate surface area is 109 Å². The van der Waals surface area contributed by atoms with Gasteiger partial charge in [0.1, 0.15) is 0 Å². The van der Waals surface area contributed by atoms with Crippen LogP contribution in [0.3, 0.4) is 0 Å². The molecule has 0 rings (SSSR count). The van der Waals surface area contributed by atoms with Crippen LogP contribution in [0.1, 0.15) is 19.8 Å². The van der Waals surface area contributed by atoms with E-state index in [9.17, 15) is 8.63 Å². The van der Waals surface area contributed by atoms with Crippen LogP contribution in [0.2, 0.25) is 0 Å². The zero-order valence-electron chi connectivity index (χ0n) is 7.04. The molecule has 0 amide bonds. The molecule has 0 heterocycles. The Morgan fingerprint density at radius 3 is 2.27 bits per heavy atom. The summed E-state index contributed by atoms with van der Waals surface area (Å²) in [6, 6.07) is 0.